The van der Waals surface area contributed by atoms with E-state index >= 15 is 0 Å². The Morgan fingerprint density at radius 2 is 2.00 bits per heavy atom. The summed E-state index contributed by atoms with van der Waals surface area (Å²) in [5.74, 6) is 0.511. The third-order valence-corrected chi connectivity index (χ3v) is 1.98. The van der Waals surface area contributed by atoms with Gasteiger partial charge >= 0.3 is 0 Å². The van der Waals surface area contributed by atoms with Crippen LogP contribution in [0.15, 0.2) is 12.2 Å². The number of hydrogen-bond acceptors (Lipinski definition) is 1. The topological polar surface area (TPSA) is 20.2 Å². The minimum absolute atomic E-state index is 0.344. The molecule has 0 saturated heterocycles. The molecule has 1 nitrogen and oxygen atoms in total. The number of hydrogen-bond donors (Lipinski definition) is 1. The van der Waals surface area contributed by atoms with Crippen molar-refractivity contribution < 1.29 is 5.11 Å². The van der Waals surface area contributed by atoms with Gasteiger partial charge in [0.15, 0.2) is 0 Å². The molecule has 1 N–H and O–H groups in total. The van der Waals surface area contributed by atoms with Crippen LogP contribution in [0.2, 0.25) is 0 Å². The van der Waals surface area contributed by atoms with Gasteiger partial charge in [0.25, 0.3) is 0 Å². The van der Waals surface area contributed by atoms with Crippen LogP contribution in [0, 0.1) is 5.92 Å². The quantitative estimate of drug-likeness (QED) is 0.586. The minimum atomic E-state index is 0.344. The van der Waals surface area contributed by atoms with Crippen molar-refractivity contribution in [2.75, 3.05) is 6.61 Å². The summed E-state index contributed by atoms with van der Waals surface area (Å²) in [4.78, 5) is 0. The largest absolute Gasteiger partial charge is 0.396 e. The molecule has 1 atom stereocenters. The van der Waals surface area contributed by atoms with Crippen LogP contribution in [0.1, 0.15) is 39.5 Å². The molecule has 11 heavy (non-hydrogen) atoms. The van der Waals surface area contributed by atoms with Gasteiger partial charge in [0.1, 0.15) is 0 Å². The highest BCUT2D eigenvalue weighted by Crippen LogP contribution is 2.09. The predicted octanol–water partition coefficient (Wildman–Crippen LogP) is 2.75. The standard InChI is InChI=1S/C10H20O/c1-3-5-6-7-8-10(4-2)9-11/h5-6,10-11H,3-4,7-9H2,1-2H3. The predicted molar refractivity (Wildman–Crippen MR) is 49.5 cm³/mol. The van der Waals surface area contributed by atoms with E-state index in [4.69, 9.17) is 5.11 Å². The van der Waals surface area contributed by atoms with Crippen molar-refractivity contribution in [1.82, 2.24) is 0 Å². The van der Waals surface area contributed by atoms with Crippen molar-refractivity contribution in [3.63, 3.8) is 0 Å². The van der Waals surface area contributed by atoms with Crippen molar-refractivity contribution in [3.05, 3.63) is 12.2 Å². The van der Waals surface area contributed by atoms with Gasteiger partial charge in [0.2, 0.25) is 0 Å². The van der Waals surface area contributed by atoms with Gasteiger partial charge in [-0.1, -0.05) is 32.4 Å². The van der Waals surface area contributed by atoms with Gasteiger partial charge in [-0.2, -0.15) is 0 Å². The lowest BCUT2D eigenvalue weighted by molar-refractivity contribution is 0.215. The van der Waals surface area contributed by atoms with Gasteiger partial charge in [0, 0.05) is 6.61 Å². The highest BCUT2D eigenvalue weighted by molar-refractivity contribution is 4.80. The van der Waals surface area contributed by atoms with Crippen molar-refractivity contribution in [3.8, 4) is 0 Å². The highest BCUT2D eigenvalue weighted by Gasteiger charge is 2.01. The average Bonchev–Trinajstić information content (AvgIpc) is 2.05. The van der Waals surface area contributed by atoms with E-state index in [0.29, 0.717) is 12.5 Å². The molecular formula is C10H20O. The Labute approximate surface area is 70.1 Å². The second-order valence-corrected chi connectivity index (χ2v) is 2.91. The Hall–Kier alpha value is -0.300. The maximum absolute atomic E-state index is 8.86. The van der Waals surface area contributed by atoms with Crippen LogP contribution >= 0.6 is 0 Å². The first-order valence-corrected chi connectivity index (χ1v) is 4.61. The monoisotopic (exact) mass is 156 g/mol. The normalized spacial score (nSPS) is 14.1. The van der Waals surface area contributed by atoms with Crippen molar-refractivity contribution in [2.45, 2.75) is 39.5 Å². The Kier molecular flexibility index (Phi) is 7.59. The van der Waals surface area contributed by atoms with E-state index in [1.54, 1.807) is 0 Å². The molecule has 0 rings (SSSR count). The molecule has 0 aromatic carbocycles. The summed E-state index contributed by atoms with van der Waals surface area (Å²) in [6.45, 7) is 4.61. The molecule has 0 aromatic heterocycles. The molecule has 0 saturated carbocycles. The van der Waals surface area contributed by atoms with Crippen LogP contribution in [0.5, 0.6) is 0 Å². The zero-order valence-electron chi connectivity index (χ0n) is 7.71. The van der Waals surface area contributed by atoms with Crippen molar-refractivity contribution in [2.24, 2.45) is 5.92 Å². The molecule has 0 aliphatic carbocycles. The van der Waals surface area contributed by atoms with Gasteiger partial charge < -0.3 is 5.11 Å². The van der Waals surface area contributed by atoms with E-state index in [2.05, 4.69) is 26.0 Å². The van der Waals surface area contributed by atoms with Gasteiger partial charge in [-0.25, -0.2) is 0 Å². The zero-order chi connectivity index (χ0) is 8.53. The molecule has 0 fully saturated rings. The molecule has 0 aliphatic rings. The lowest BCUT2D eigenvalue weighted by Crippen LogP contribution is -2.03. The molecule has 0 aromatic rings. The summed E-state index contributed by atoms with van der Waals surface area (Å²) in [6, 6.07) is 0. The average molecular weight is 156 g/mol. The molecular weight excluding hydrogens is 136 g/mol. The van der Waals surface area contributed by atoms with Crippen LogP contribution in [-0.2, 0) is 0 Å². The fraction of sp³-hybridized carbons (Fsp3) is 0.800. The Morgan fingerprint density at radius 1 is 1.27 bits per heavy atom. The molecule has 0 heterocycles. The maximum atomic E-state index is 8.86. The maximum Gasteiger partial charge on any atom is 0.0459 e. The summed E-state index contributed by atoms with van der Waals surface area (Å²) < 4.78 is 0. The van der Waals surface area contributed by atoms with E-state index in [9.17, 15) is 0 Å². The van der Waals surface area contributed by atoms with E-state index < -0.39 is 0 Å². The van der Waals surface area contributed by atoms with Crippen LogP contribution in [0.4, 0.5) is 0 Å². The third kappa shape index (κ3) is 6.11. The van der Waals surface area contributed by atoms with Gasteiger partial charge in [-0.05, 0) is 25.2 Å². The molecule has 1 unspecified atom stereocenters. The van der Waals surface area contributed by atoms with Crippen LogP contribution < -0.4 is 0 Å². The zero-order valence-corrected chi connectivity index (χ0v) is 7.71. The number of aliphatic hydroxyl groups is 1. The Morgan fingerprint density at radius 3 is 2.45 bits per heavy atom. The summed E-state index contributed by atoms with van der Waals surface area (Å²) in [5.41, 5.74) is 0. The van der Waals surface area contributed by atoms with Gasteiger partial charge in [0.05, 0.1) is 0 Å². The van der Waals surface area contributed by atoms with Gasteiger partial charge in [-0.3, -0.25) is 0 Å². The first-order chi connectivity index (χ1) is 5.35. The van der Waals surface area contributed by atoms with E-state index in [0.717, 1.165) is 25.7 Å². The highest BCUT2D eigenvalue weighted by atomic mass is 16.3. The smallest absolute Gasteiger partial charge is 0.0459 e. The first kappa shape index (κ1) is 10.7. The fourth-order valence-corrected chi connectivity index (χ4v) is 1.04. The second-order valence-electron chi connectivity index (χ2n) is 2.91. The van der Waals surface area contributed by atoms with Gasteiger partial charge in [-0.15, -0.1) is 0 Å². The molecule has 0 spiro atoms. The summed E-state index contributed by atoms with van der Waals surface area (Å²) in [7, 11) is 0. The van der Waals surface area contributed by atoms with Crippen molar-refractivity contribution in [1.29, 1.82) is 0 Å². The van der Waals surface area contributed by atoms with Crippen LogP contribution in [-0.4, -0.2) is 11.7 Å². The lowest BCUT2D eigenvalue weighted by atomic mass is 10.0. The minimum Gasteiger partial charge on any atom is -0.396 e. The SMILES string of the molecule is CCC=CCCC(CC)CO. The molecule has 0 amide bonds. The first-order valence-electron chi connectivity index (χ1n) is 4.61. The van der Waals surface area contributed by atoms with Crippen molar-refractivity contribution >= 4 is 0 Å². The summed E-state index contributed by atoms with van der Waals surface area (Å²) in [6.07, 6.45) is 8.85. The summed E-state index contributed by atoms with van der Waals surface area (Å²) >= 11 is 0. The number of rotatable bonds is 6. The van der Waals surface area contributed by atoms with E-state index in [1.165, 1.54) is 0 Å². The Bertz CT molecular complexity index is 93.0. The van der Waals surface area contributed by atoms with E-state index in [-0.39, 0.29) is 0 Å². The number of allylic oxidation sites excluding steroid dienone is 2. The molecule has 1 heteroatoms. The molecule has 0 radical (unpaired) electrons. The summed E-state index contributed by atoms with van der Waals surface area (Å²) in [5, 5.41) is 8.86. The number of aliphatic hydroxyl groups excluding tert-OH is 1. The Balaban J connectivity index is 3.27. The molecule has 66 valence electrons. The van der Waals surface area contributed by atoms with Crippen LogP contribution in [0.25, 0.3) is 0 Å². The fourth-order valence-electron chi connectivity index (χ4n) is 1.04. The lowest BCUT2D eigenvalue weighted by Gasteiger charge is -2.08. The second kappa shape index (κ2) is 7.80. The third-order valence-electron chi connectivity index (χ3n) is 1.98. The van der Waals surface area contributed by atoms with Crippen LogP contribution in [0.3, 0.4) is 0 Å². The molecule has 0 bridgehead atoms. The van der Waals surface area contributed by atoms with E-state index in [1.807, 2.05) is 0 Å². The molecule has 0 aliphatic heterocycles.